The van der Waals surface area contributed by atoms with E-state index >= 15 is 0 Å². The molecule has 0 heterocycles. The van der Waals surface area contributed by atoms with E-state index in [2.05, 4.69) is 142 Å². The van der Waals surface area contributed by atoms with E-state index in [1.54, 1.807) is 0 Å². The van der Waals surface area contributed by atoms with Crippen molar-refractivity contribution in [2.24, 2.45) is 0 Å². The summed E-state index contributed by atoms with van der Waals surface area (Å²) in [6.45, 7) is 6.20. The zero-order chi connectivity index (χ0) is 45.1. The Kier molecular flexibility index (Phi) is 46.1. The SMILES string of the molecule is CC/C=C\C/C=C\C/C=C\C/C=C\CCCCCC(=O)OCC(COC(=O)CCCC/C=C\C/C=C\C/C=C\CC)OC(=O)CCCCCCCC/C=C\C/C=C\C/C=C\CC. The number of esters is 3. The fourth-order valence-corrected chi connectivity index (χ4v) is 6.11. The van der Waals surface area contributed by atoms with Crippen molar-refractivity contribution < 1.29 is 28.6 Å². The monoisotopic (exact) mass is 857 g/mol. The molecule has 0 spiro atoms. The number of rotatable bonds is 42. The number of unbranched alkanes of at least 4 members (excludes halogenated alkanes) is 11. The van der Waals surface area contributed by atoms with Crippen LogP contribution in [0, 0.1) is 0 Å². The van der Waals surface area contributed by atoms with Crippen LogP contribution in [0.25, 0.3) is 0 Å². The molecule has 0 amide bonds. The lowest BCUT2D eigenvalue weighted by atomic mass is 10.1. The highest BCUT2D eigenvalue weighted by Crippen LogP contribution is 2.12. The minimum atomic E-state index is -0.816. The van der Waals surface area contributed by atoms with Gasteiger partial charge in [0.25, 0.3) is 0 Å². The Morgan fingerprint density at radius 1 is 0.323 bits per heavy atom. The van der Waals surface area contributed by atoms with Crippen molar-refractivity contribution in [3.8, 4) is 0 Å². The predicted octanol–water partition coefficient (Wildman–Crippen LogP) is 16.1. The largest absolute Gasteiger partial charge is 0.462 e. The third-order valence-corrected chi connectivity index (χ3v) is 9.69. The van der Waals surface area contributed by atoms with Gasteiger partial charge in [0.05, 0.1) is 0 Å². The Morgan fingerprint density at radius 3 is 0.952 bits per heavy atom. The van der Waals surface area contributed by atoms with Crippen LogP contribution in [0.15, 0.2) is 122 Å². The third-order valence-electron chi connectivity index (χ3n) is 9.69. The van der Waals surface area contributed by atoms with Gasteiger partial charge < -0.3 is 14.2 Å². The fourth-order valence-electron chi connectivity index (χ4n) is 6.11. The maximum absolute atomic E-state index is 12.8. The molecule has 0 aliphatic carbocycles. The molecular weight excluding hydrogens is 769 g/mol. The van der Waals surface area contributed by atoms with Crippen LogP contribution in [0.5, 0.6) is 0 Å². The second kappa shape index (κ2) is 49.5. The predicted molar refractivity (Wildman–Crippen MR) is 265 cm³/mol. The van der Waals surface area contributed by atoms with E-state index in [0.717, 1.165) is 135 Å². The summed E-state index contributed by atoms with van der Waals surface area (Å²) in [5.74, 6) is -1.01. The molecule has 0 N–H and O–H groups in total. The molecule has 0 rings (SSSR count). The number of carbonyl (C=O) groups is 3. The maximum Gasteiger partial charge on any atom is 0.306 e. The van der Waals surface area contributed by atoms with Crippen molar-refractivity contribution in [1.29, 1.82) is 0 Å². The highest BCUT2D eigenvalue weighted by Gasteiger charge is 2.19. The van der Waals surface area contributed by atoms with Gasteiger partial charge in [0, 0.05) is 19.3 Å². The van der Waals surface area contributed by atoms with E-state index in [1.165, 1.54) is 12.8 Å². The van der Waals surface area contributed by atoms with Crippen molar-refractivity contribution in [2.45, 2.75) is 200 Å². The van der Waals surface area contributed by atoms with Gasteiger partial charge in [-0.15, -0.1) is 0 Å². The molecule has 0 aromatic heterocycles. The molecule has 6 nitrogen and oxygen atoms in total. The van der Waals surface area contributed by atoms with Crippen molar-refractivity contribution in [3.63, 3.8) is 0 Å². The first-order valence-corrected chi connectivity index (χ1v) is 24.5. The first kappa shape index (κ1) is 57.8. The Labute approximate surface area is 380 Å². The minimum absolute atomic E-state index is 0.116. The van der Waals surface area contributed by atoms with E-state index in [4.69, 9.17) is 14.2 Å². The molecule has 0 bridgehead atoms. The quantitative estimate of drug-likeness (QED) is 0.0263. The number of hydrogen-bond acceptors (Lipinski definition) is 6. The van der Waals surface area contributed by atoms with Gasteiger partial charge in [-0.2, -0.15) is 0 Å². The van der Waals surface area contributed by atoms with Crippen LogP contribution in [0.4, 0.5) is 0 Å². The topological polar surface area (TPSA) is 78.9 Å². The molecule has 0 fully saturated rings. The highest BCUT2D eigenvalue weighted by molar-refractivity contribution is 5.71. The van der Waals surface area contributed by atoms with Gasteiger partial charge in [-0.05, 0) is 122 Å². The lowest BCUT2D eigenvalue weighted by Gasteiger charge is -2.18. The van der Waals surface area contributed by atoms with Gasteiger partial charge in [0.1, 0.15) is 13.2 Å². The van der Waals surface area contributed by atoms with Crippen LogP contribution in [-0.4, -0.2) is 37.2 Å². The number of carbonyl (C=O) groups excluding carboxylic acids is 3. The summed E-state index contributed by atoms with van der Waals surface area (Å²) in [4.78, 5) is 37.9. The van der Waals surface area contributed by atoms with Crippen LogP contribution < -0.4 is 0 Å². The van der Waals surface area contributed by atoms with Crippen LogP contribution in [-0.2, 0) is 28.6 Å². The Bertz CT molecular complexity index is 1350. The first-order chi connectivity index (χ1) is 30.5. The van der Waals surface area contributed by atoms with Crippen molar-refractivity contribution in [3.05, 3.63) is 122 Å². The van der Waals surface area contributed by atoms with Crippen LogP contribution in [0.3, 0.4) is 0 Å². The van der Waals surface area contributed by atoms with Crippen molar-refractivity contribution in [1.82, 2.24) is 0 Å². The molecule has 1 unspecified atom stereocenters. The lowest BCUT2D eigenvalue weighted by molar-refractivity contribution is -0.167. The fraction of sp³-hybridized carbons (Fsp3) is 0.589. The lowest BCUT2D eigenvalue weighted by Crippen LogP contribution is -2.30. The second-order valence-electron chi connectivity index (χ2n) is 15.6. The molecule has 0 saturated heterocycles. The highest BCUT2D eigenvalue weighted by atomic mass is 16.6. The van der Waals surface area contributed by atoms with Crippen molar-refractivity contribution in [2.75, 3.05) is 13.2 Å². The van der Waals surface area contributed by atoms with Crippen LogP contribution >= 0.6 is 0 Å². The molecule has 0 saturated carbocycles. The zero-order valence-corrected chi connectivity index (χ0v) is 39.6. The normalized spacial score (nSPS) is 13.1. The molecular formula is C56H88O6. The molecule has 348 valence electrons. The molecule has 0 radical (unpaired) electrons. The van der Waals surface area contributed by atoms with Crippen LogP contribution in [0.1, 0.15) is 194 Å². The zero-order valence-electron chi connectivity index (χ0n) is 39.6. The van der Waals surface area contributed by atoms with Gasteiger partial charge in [0.2, 0.25) is 0 Å². The molecule has 0 aliphatic rings. The summed E-state index contributed by atoms with van der Waals surface area (Å²) in [6.07, 6.45) is 67.6. The smallest absolute Gasteiger partial charge is 0.306 e. The van der Waals surface area contributed by atoms with Gasteiger partial charge in [-0.25, -0.2) is 0 Å². The van der Waals surface area contributed by atoms with E-state index < -0.39 is 6.10 Å². The Hall–Kier alpha value is -4.19. The Balaban J connectivity index is 4.53. The molecule has 6 heteroatoms. The summed E-state index contributed by atoms with van der Waals surface area (Å²) < 4.78 is 16.7. The van der Waals surface area contributed by atoms with Gasteiger partial charge >= 0.3 is 17.9 Å². The molecule has 0 aromatic carbocycles. The van der Waals surface area contributed by atoms with E-state index in [1.807, 2.05) is 0 Å². The number of hydrogen-bond donors (Lipinski definition) is 0. The average Bonchev–Trinajstić information content (AvgIpc) is 3.27. The average molecular weight is 857 g/mol. The summed E-state index contributed by atoms with van der Waals surface area (Å²) in [5.41, 5.74) is 0. The van der Waals surface area contributed by atoms with E-state index in [9.17, 15) is 14.4 Å². The van der Waals surface area contributed by atoms with Gasteiger partial charge in [-0.1, -0.05) is 174 Å². The number of allylic oxidation sites excluding steroid dienone is 20. The second-order valence-corrected chi connectivity index (χ2v) is 15.6. The summed E-state index contributed by atoms with van der Waals surface area (Å²) >= 11 is 0. The van der Waals surface area contributed by atoms with E-state index in [-0.39, 0.29) is 31.1 Å². The minimum Gasteiger partial charge on any atom is -0.462 e. The molecule has 62 heavy (non-hydrogen) atoms. The van der Waals surface area contributed by atoms with Gasteiger partial charge in [-0.3, -0.25) is 14.4 Å². The van der Waals surface area contributed by atoms with Crippen molar-refractivity contribution >= 4 is 17.9 Å². The van der Waals surface area contributed by atoms with Crippen LogP contribution in [0.2, 0.25) is 0 Å². The maximum atomic E-state index is 12.8. The van der Waals surface area contributed by atoms with E-state index in [0.29, 0.717) is 25.7 Å². The molecule has 1 atom stereocenters. The standard InChI is InChI=1S/C56H88O6/c1-4-7-10-13-16-19-22-25-27-29-31-34-37-40-43-46-49-55(58)61-52-53(51-60-54(57)48-45-42-39-36-33-24-21-18-15-12-9-6-3)62-56(59)50-47-44-41-38-35-32-30-28-26-23-20-17-14-11-8-5-2/h7-12,16-21,25-28,31,33-34,36,53H,4-6,13-15,22-24,29-30,32,35,37-52H2,1-3H3/b10-7-,11-8-,12-9-,19-16-,20-17-,21-18-,27-25-,28-26-,34-31-,36-33-. The summed E-state index contributed by atoms with van der Waals surface area (Å²) in [6, 6.07) is 0. The number of ether oxygens (including phenoxy) is 3. The Morgan fingerprint density at radius 2 is 0.581 bits per heavy atom. The first-order valence-electron chi connectivity index (χ1n) is 24.5. The summed E-state index contributed by atoms with van der Waals surface area (Å²) in [5, 5.41) is 0. The molecule has 0 aromatic rings. The van der Waals surface area contributed by atoms with Gasteiger partial charge in [0.15, 0.2) is 6.10 Å². The summed E-state index contributed by atoms with van der Waals surface area (Å²) in [7, 11) is 0. The third kappa shape index (κ3) is 46.9. The molecule has 0 aliphatic heterocycles.